The molecule has 4 aromatic heterocycles. The zero-order valence-electron chi connectivity index (χ0n) is 19.0. The van der Waals surface area contributed by atoms with Gasteiger partial charge in [0.05, 0.1) is 34.6 Å². The highest BCUT2D eigenvalue weighted by Crippen LogP contribution is 2.32. The number of alkyl halides is 3. The van der Waals surface area contributed by atoms with Crippen molar-refractivity contribution in [3.63, 3.8) is 0 Å². The van der Waals surface area contributed by atoms with Crippen LogP contribution in [0.4, 0.5) is 13.2 Å². The van der Waals surface area contributed by atoms with Crippen molar-refractivity contribution in [1.29, 1.82) is 0 Å². The zero-order chi connectivity index (χ0) is 25.6. The molecule has 0 unspecified atom stereocenters. The first-order chi connectivity index (χ1) is 17.1. The number of benzene rings is 1. The molecule has 11 heteroatoms. The number of hydrogen-bond donors (Lipinski definition) is 1. The van der Waals surface area contributed by atoms with Gasteiger partial charge in [-0.3, -0.25) is 19.1 Å². The van der Waals surface area contributed by atoms with Crippen LogP contribution < -0.4 is 10.9 Å². The summed E-state index contributed by atoms with van der Waals surface area (Å²) in [7, 11) is 0. The molecule has 0 radical (unpaired) electrons. The van der Waals surface area contributed by atoms with Gasteiger partial charge in [0.1, 0.15) is 11.2 Å². The summed E-state index contributed by atoms with van der Waals surface area (Å²) >= 11 is 1.34. The Balaban J connectivity index is 1.64. The van der Waals surface area contributed by atoms with Gasteiger partial charge in [0.25, 0.3) is 11.5 Å². The van der Waals surface area contributed by atoms with E-state index >= 15 is 0 Å². The van der Waals surface area contributed by atoms with Crippen molar-refractivity contribution in [3.05, 3.63) is 92.4 Å². The molecule has 5 aromatic rings. The highest BCUT2D eigenvalue weighted by Gasteiger charge is 2.30. The van der Waals surface area contributed by atoms with Crippen molar-refractivity contribution in [1.82, 2.24) is 24.8 Å². The molecule has 0 saturated carbocycles. The molecule has 7 nitrogen and oxygen atoms in total. The average molecular weight is 510 g/mol. The van der Waals surface area contributed by atoms with Crippen molar-refractivity contribution in [2.75, 3.05) is 0 Å². The summed E-state index contributed by atoms with van der Waals surface area (Å²) in [4.78, 5) is 40.3. The molecule has 0 saturated heterocycles. The van der Waals surface area contributed by atoms with Gasteiger partial charge in [0.2, 0.25) is 0 Å². The summed E-state index contributed by atoms with van der Waals surface area (Å²) in [5, 5.41) is 5.41. The second-order valence-corrected chi connectivity index (χ2v) is 9.23. The van der Waals surface area contributed by atoms with E-state index in [0.717, 1.165) is 17.0 Å². The smallest absolute Gasteiger partial charge is 0.343 e. The SMILES string of the molecule is Cc1scc2c(=O)n(-c3ccc(C(F)(F)F)cc3)c3ncc(C(=O)N[C@@H](C)c4ccccn4)nc3c12. The van der Waals surface area contributed by atoms with Crippen LogP contribution in [0.2, 0.25) is 0 Å². The van der Waals surface area contributed by atoms with Crippen molar-refractivity contribution in [2.45, 2.75) is 26.1 Å². The summed E-state index contributed by atoms with van der Waals surface area (Å²) in [6.07, 6.45) is -1.63. The van der Waals surface area contributed by atoms with Gasteiger partial charge >= 0.3 is 6.18 Å². The highest BCUT2D eigenvalue weighted by atomic mass is 32.1. The number of thiophene rings is 1. The summed E-state index contributed by atoms with van der Waals surface area (Å²) in [6, 6.07) is 9.24. The van der Waals surface area contributed by atoms with E-state index in [-0.39, 0.29) is 23.1 Å². The quantitative estimate of drug-likeness (QED) is 0.359. The summed E-state index contributed by atoms with van der Waals surface area (Å²) < 4.78 is 40.4. The number of aromatic nitrogens is 4. The molecule has 36 heavy (non-hydrogen) atoms. The standard InChI is InChI=1S/C25H18F3N5O2S/c1-13(18-5-3-4-10-29-18)31-23(34)19-11-30-22-21(32-19)20-14(2)36-12-17(20)24(35)33(22)16-8-6-15(7-9-16)25(26,27)28/h3-13H,1-2H3,(H,31,34)/t13-/m0/s1. The van der Waals surface area contributed by atoms with Gasteiger partial charge in [0, 0.05) is 21.8 Å². The zero-order valence-corrected chi connectivity index (χ0v) is 19.8. The largest absolute Gasteiger partial charge is 0.416 e. The second-order valence-electron chi connectivity index (χ2n) is 8.14. The van der Waals surface area contributed by atoms with Crippen LogP contribution in [0.1, 0.15) is 39.6 Å². The van der Waals surface area contributed by atoms with E-state index in [1.165, 1.54) is 34.2 Å². The Morgan fingerprint density at radius 2 is 1.86 bits per heavy atom. The predicted octanol–water partition coefficient (Wildman–Crippen LogP) is 5.21. The predicted molar refractivity (Wildman–Crippen MR) is 130 cm³/mol. The fourth-order valence-electron chi connectivity index (χ4n) is 3.96. The van der Waals surface area contributed by atoms with Crippen LogP contribution in [0.25, 0.3) is 27.6 Å². The Labute approximate surface area is 206 Å². The number of halogens is 3. The first-order valence-electron chi connectivity index (χ1n) is 10.8. The number of carbonyl (C=O) groups is 1. The number of hydrogen-bond acceptors (Lipinski definition) is 6. The third-order valence-electron chi connectivity index (χ3n) is 5.77. The number of amides is 1. The Morgan fingerprint density at radius 1 is 1.11 bits per heavy atom. The third kappa shape index (κ3) is 4.11. The topological polar surface area (TPSA) is 89.8 Å². The average Bonchev–Trinajstić information content (AvgIpc) is 3.26. The number of nitrogens with one attached hydrogen (secondary N) is 1. The molecule has 0 bridgehead atoms. The number of carbonyl (C=O) groups excluding carboxylic acids is 1. The molecule has 0 aliphatic heterocycles. The number of nitrogens with zero attached hydrogens (tertiary/aromatic N) is 4. The van der Waals surface area contributed by atoms with E-state index in [2.05, 4.69) is 20.3 Å². The van der Waals surface area contributed by atoms with Crippen LogP contribution in [0.5, 0.6) is 0 Å². The Hall–Kier alpha value is -4.12. The Bertz CT molecular complexity index is 1660. The van der Waals surface area contributed by atoms with E-state index < -0.39 is 23.2 Å². The van der Waals surface area contributed by atoms with E-state index in [0.29, 0.717) is 22.0 Å². The van der Waals surface area contributed by atoms with Crippen LogP contribution in [0.15, 0.2) is 65.0 Å². The minimum atomic E-state index is -4.51. The molecule has 0 aliphatic rings. The number of fused-ring (bicyclic) bond motifs is 3. The lowest BCUT2D eigenvalue weighted by atomic mass is 10.1. The van der Waals surface area contributed by atoms with Crippen LogP contribution in [-0.4, -0.2) is 25.4 Å². The molecule has 1 atom stereocenters. The lowest BCUT2D eigenvalue weighted by Crippen LogP contribution is -2.28. The summed E-state index contributed by atoms with van der Waals surface area (Å²) in [6.45, 7) is 3.62. The molecule has 1 N–H and O–H groups in total. The van der Waals surface area contributed by atoms with Gasteiger partial charge in [0.15, 0.2) is 5.65 Å². The third-order valence-corrected chi connectivity index (χ3v) is 6.69. The number of rotatable bonds is 4. The van der Waals surface area contributed by atoms with Crippen molar-refractivity contribution >= 4 is 39.2 Å². The lowest BCUT2D eigenvalue weighted by molar-refractivity contribution is -0.137. The maximum atomic E-state index is 13.4. The second kappa shape index (κ2) is 8.83. The van der Waals surface area contributed by atoms with Crippen LogP contribution in [0, 0.1) is 6.92 Å². The van der Waals surface area contributed by atoms with Gasteiger partial charge < -0.3 is 5.32 Å². The monoisotopic (exact) mass is 509 g/mol. The molecular formula is C25H18F3N5O2S. The maximum Gasteiger partial charge on any atom is 0.416 e. The fraction of sp³-hybridized carbons (Fsp3) is 0.160. The summed E-state index contributed by atoms with van der Waals surface area (Å²) in [5.41, 5.74) is 0.102. The fourth-order valence-corrected chi connectivity index (χ4v) is 4.80. The highest BCUT2D eigenvalue weighted by molar-refractivity contribution is 7.11. The normalized spacial score (nSPS) is 12.7. The van der Waals surface area contributed by atoms with E-state index in [4.69, 9.17) is 0 Å². The maximum absolute atomic E-state index is 13.4. The Kier molecular flexibility index (Phi) is 5.79. The van der Waals surface area contributed by atoms with Crippen molar-refractivity contribution in [2.24, 2.45) is 0 Å². The molecule has 0 fully saturated rings. The first-order valence-corrected chi connectivity index (χ1v) is 11.7. The van der Waals surface area contributed by atoms with Crippen LogP contribution >= 0.6 is 11.3 Å². The van der Waals surface area contributed by atoms with Crippen molar-refractivity contribution in [3.8, 4) is 5.69 Å². The van der Waals surface area contributed by atoms with E-state index in [1.54, 1.807) is 30.6 Å². The van der Waals surface area contributed by atoms with E-state index in [9.17, 15) is 22.8 Å². The van der Waals surface area contributed by atoms with Gasteiger partial charge in [-0.05, 0) is 50.2 Å². The molecule has 5 rings (SSSR count). The summed E-state index contributed by atoms with van der Waals surface area (Å²) in [5.74, 6) is -0.476. The molecule has 0 aliphatic carbocycles. The van der Waals surface area contributed by atoms with Crippen LogP contribution in [0.3, 0.4) is 0 Å². The van der Waals surface area contributed by atoms with Gasteiger partial charge in [-0.2, -0.15) is 13.2 Å². The van der Waals surface area contributed by atoms with Crippen LogP contribution in [-0.2, 0) is 6.18 Å². The van der Waals surface area contributed by atoms with Gasteiger partial charge in [-0.1, -0.05) is 6.07 Å². The minimum absolute atomic E-state index is 0.0369. The lowest BCUT2D eigenvalue weighted by Gasteiger charge is -2.15. The number of aryl methyl sites for hydroxylation is 1. The van der Waals surface area contributed by atoms with Gasteiger partial charge in [-0.15, -0.1) is 11.3 Å². The Morgan fingerprint density at radius 3 is 2.53 bits per heavy atom. The minimum Gasteiger partial charge on any atom is -0.343 e. The van der Waals surface area contributed by atoms with Gasteiger partial charge in [-0.25, -0.2) is 9.97 Å². The number of pyridine rings is 2. The molecule has 1 amide bonds. The van der Waals surface area contributed by atoms with E-state index in [1.807, 2.05) is 13.0 Å². The first kappa shape index (κ1) is 23.6. The molecular weight excluding hydrogens is 491 g/mol. The molecule has 4 heterocycles. The molecule has 1 aromatic carbocycles. The molecule has 182 valence electrons. The van der Waals surface area contributed by atoms with Crippen molar-refractivity contribution < 1.29 is 18.0 Å². The molecule has 0 spiro atoms.